The predicted octanol–water partition coefficient (Wildman–Crippen LogP) is 10.9. The van der Waals surface area contributed by atoms with Gasteiger partial charge in [-0.15, -0.1) is 0 Å². The molecule has 0 aromatic carbocycles. The van der Waals surface area contributed by atoms with E-state index in [1.165, 1.54) is 128 Å². The van der Waals surface area contributed by atoms with Gasteiger partial charge in [-0.1, -0.05) is 129 Å². The van der Waals surface area contributed by atoms with Gasteiger partial charge in [-0.05, 0) is 12.8 Å². The summed E-state index contributed by atoms with van der Waals surface area (Å²) < 4.78 is 5.78. The number of hydrogen-bond donors (Lipinski definition) is 0. The van der Waals surface area contributed by atoms with E-state index < -0.39 is 14.7 Å². The van der Waals surface area contributed by atoms with E-state index in [9.17, 15) is 0 Å². The third-order valence-corrected chi connectivity index (χ3v) is 5.28. The van der Waals surface area contributed by atoms with Crippen LogP contribution < -0.4 is 0 Å². The van der Waals surface area contributed by atoms with Gasteiger partial charge in [0.05, 0.1) is 0 Å². The van der Waals surface area contributed by atoms with Gasteiger partial charge in [-0.3, -0.25) is 0 Å². The van der Waals surface area contributed by atoms with Crippen molar-refractivity contribution >= 4 is 27.9 Å². The van der Waals surface area contributed by atoms with Crippen LogP contribution in [0.5, 0.6) is 0 Å². The Morgan fingerprint density at radius 3 is 0.862 bits per heavy atom. The average Bonchev–Trinajstić information content (AvgIpc) is 2.69. The Morgan fingerprint density at radius 1 is 0.414 bits per heavy atom. The summed E-state index contributed by atoms with van der Waals surface area (Å²) in [6.45, 7) is 6.57. The standard InChI is InChI=1S/C24H50O.3ClH.Ti/c1-3-5-7-9-11-13-15-17-19-21-23-25-24-22-20-18-16-14-12-10-8-6-4-2;;;;/h3-24H2,1-2H3;3*1H;/q;;;;+3/p-3. The van der Waals surface area contributed by atoms with Crippen molar-refractivity contribution in [1.82, 2.24) is 0 Å². The molecule has 0 N–H and O–H groups in total. The summed E-state index contributed by atoms with van der Waals surface area (Å²) in [7, 11) is 14.9. The van der Waals surface area contributed by atoms with Crippen LogP contribution in [-0.2, 0) is 19.4 Å². The Morgan fingerprint density at radius 2 is 0.621 bits per heavy atom. The van der Waals surface area contributed by atoms with Crippen LogP contribution in [0.15, 0.2) is 0 Å². The second-order valence-corrected chi connectivity index (χ2v) is 15.9. The van der Waals surface area contributed by atoms with Crippen molar-refractivity contribution < 1.29 is 19.4 Å². The Hall–Kier alpha value is 1.54. The fourth-order valence-electron chi connectivity index (χ4n) is 3.49. The van der Waals surface area contributed by atoms with Crippen molar-refractivity contribution in [3.8, 4) is 0 Å². The van der Waals surface area contributed by atoms with Crippen molar-refractivity contribution in [2.24, 2.45) is 0 Å². The molecule has 0 aliphatic rings. The zero-order valence-electron chi connectivity index (χ0n) is 19.6. The number of hydrogen-bond acceptors (Lipinski definition) is 1. The van der Waals surface area contributed by atoms with Crippen molar-refractivity contribution in [2.45, 2.75) is 142 Å². The van der Waals surface area contributed by atoms with Crippen LogP contribution in [0.2, 0.25) is 0 Å². The molecule has 0 radical (unpaired) electrons. The first-order chi connectivity index (χ1) is 14.1. The molecule has 0 spiro atoms. The Labute approximate surface area is 201 Å². The van der Waals surface area contributed by atoms with E-state index in [1.807, 2.05) is 0 Å². The first-order valence-corrected chi connectivity index (χ1v) is 19.0. The van der Waals surface area contributed by atoms with E-state index >= 15 is 0 Å². The average molecular weight is 509 g/mol. The van der Waals surface area contributed by atoms with Gasteiger partial charge in [0.25, 0.3) is 0 Å². The number of unbranched alkanes of at least 4 members (excludes halogenated alkanes) is 18. The third kappa shape index (κ3) is 40.4. The normalized spacial score (nSPS) is 10.7. The summed E-state index contributed by atoms with van der Waals surface area (Å²) in [6, 6.07) is 0. The first-order valence-electron chi connectivity index (χ1n) is 12.6. The quantitative estimate of drug-likeness (QED) is 0.104. The van der Waals surface area contributed by atoms with Crippen LogP contribution in [0, 0.1) is 0 Å². The van der Waals surface area contributed by atoms with Gasteiger partial charge in [0.1, 0.15) is 0 Å². The van der Waals surface area contributed by atoms with E-state index in [0.717, 1.165) is 13.2 Å². The minimum absolute atomic E-state index is 0.994. The molecule has 0 rings (SSSR count). The molecule has 0 aromatic rings. The first kappa shape index (κ1) is 32.7. The molecule has 0 fully saturated rings. The van der Waals surface area contributed by atoms with Crippen molar-refractivity contribution in [1.29, 1.82) is 0 Å². The molecular formula is C24H50Cl3OTi. The molecular weight excluding hydrogens is 458 g/mol. The van der Waals surface area contributed by atoms with Gasteiger partial charge >= 0.3 is 42.6 Å². The monoisotopic (exact) mass is 507 g/mol. The Balaban J connectivity index is 0. The topological polar surface area (TPSA) is 9.23 Å². The van der Waals surface area contributed by atoms with Crippen LogP contribution in [0.4, 0.5) is 0 Å². The van der Waals surface area contributed by atoms with Crippen LogP contribution in [-0.4, -0.2) is 13.2 Å². The van der Waals surface area contributed by atoms with Crippen molar-refractivity contribution in [3.05, 3.63) is 0 Å². The van der Waals surface area contributed by atoms with Gasteiger partial charge in [-0.2, -0.15) is 0 Å². The van der Waals surface area contributed by atoms with E-state index in [1.54, 1.807) is 0 Å². The molecule has 0 aromatic heterocycles. The summed E-state index contributed by atoms with van der Waals surface area (Å²) in [5.74, 6) is 0. The molecule has 0 saturated heterocycles. The molecule has 0 aliphatic carbocycles. The molecule has 177 valence electrons. The van der Waals surface area contributed by atoms with Gasteiger partial charge < -0.3 is 4.74 Å². The van der Waals surface area contributed by atoms with E-state index in [4.69, 9.17) is 32.7 Å². The number of halogens is 3. The number of rotatable bonds is 22. The van der Waals surface area contributed by atoms with Crippen LogP contribution in [0.3, 0.4) is 0 Å². The fraction of sp³-hybridized carbons (Fsp3) is 1.00. The molecule has 0 bridgehead atoms. The Kier molecular flexibility index (Phi) is 35.8. The van der Waals surface area contributed by atoms with Crippen LogP contribution in [0.1, 0.15) is 142 Å². The molecule has 0 aliphatic heterocycles. The van der Waals surface area contributed by atoms with E-state index in [-0.39, 0.29) is 0 Å². The van der Waals surface area contributed by atoms with Crippen molar-refractivity contribution in [3.63, 3.8) is 0 Å². The Bertz CT molecular complexity index is 244. The molecule has 0 unspecified atom stereocenters. The van der Waals surface area contributed by atoms with Gasteiger partial charge in [-0.25, -0.2) is 0 Å². The van der Waals surface area contributed by atoms with E-state index in [2.05, 4.69) is 13.8 Å². The zero-order valence-corrected chi connectivity index (χ0v) is 23.4. The van der Waals surface area contributed by atoms with Crippen LogP contribution >= 0.6 is 27.9 Å². The molecule has 0 atom stereocenters. The summed E-state index contributed by atoms with van der Waals surface area (Å²) in [5, 5.41) is 0. The summed E-state index contributed by atoms with van der Waals surface area (Å²) in [4.78, 5) is 0. The summed E-state index contributed by atoms with van der Waals surface area (Å²) in [6.07, 6.45) is 28.2. The predicted molar refractivity (Wildman–Crippen MR) is 132 cm³/mol. The molecule has 0 heterocycles. The van der Waals surface area contributed by atoms with Crippen LogP contribution in [0.25, 0.3) is 0 Å². The summed E-state index contributed by atoms with van der Waals surface area (Å²) in [5.41, 5.74) is 0. The molecule has 0 saturated carbocycles. The van der Waals surface area contributed by atoms with Gasteiger partial charge in [0, 0.05) is 13.2 Å². The van der Waals surface area contributed by atoms with Crippen molar-refractivity contribution in [2.75, 3.05) is 13.2 Å². The van der Waals surface area contributed by atoms with Gasteiger partial charge in [0.2, 0.25) is 0 Å². The molecule has 1 nitrogen and oxygen atoms in total. The number of ether oxygens (including phenoxy) is 1. The van der Waals surface area contributed by atoms with E-state index in [0.29, 0.717) is 0 Å². The maximum atomic E-state index is 5.78. The summed E-state index contributed by atoms with van der Waals surface area (Å²) >= 11 is -1.92. The van der Waals surface area contributed by atoms with Gasteiger partial charge in [0.15, 0.2) is 0 Å². The SMILES string of the molecule is CCCCCCCCCCCCOCCCCCCCCCCCC.[Cl][Ti]([Cl])[Cl]. The third-order valence-electron chi connectivity index (χ3n) is 5.28. The minimum atomic E-state index is -1.92. The maximum absolute atomic E-state index is 5.78. The molecule has 5 heteroatoms. The fourth-order valence-corrected chi connectivity index (χ4v) is 3.49. The zero-order chi connectivity index (χ0) is 21.8. The second-order valence-electron chi connectivity index (χ2n) is 8.19. The molecule has 29 heavy (non-hydrogen) atoms. The molecule has 0 amide bonds. The second kappa shape index (κ2) is 31.7.